The van der Waals surface area contributed by atoms with Crippen molar-refractivity contribution in [3.63, 3.8) is 0 Å². The van der Waals surface area contributed by atoms with E-state index in [0.29, 0.717) is 11.6 Å². The zero-order chi connectivity index (χ0) is 20.8. The molecule has 4 rings (SSSR count). The highest BCUT2D eigenvalue weighted by Gasteiger charge is 2.37. The highest BCUT2D eigenvalue weighted by Crippen LogP contribution is 2.33. The van der Waals surface area contributed by atoms with Crippen LogP contribution in [-0.4, -0.2) is 34.9 Å². The third-order valence-electron chi connectivity index (χ3n) is 4.68. The third-order valence-corrected chi connectivity index (χ3v) is 5.69. The Morgan fingerprint density at radius 2 is 1.97 bits per heavy atom. The smallest absolute Gasteiger partial charge is 0.357 e. The van der Waals surface area contributed by atoms with Gasteiger partial charge in [0.25, 0.3) is 5.91 Å². The minimum absolute atomic E-state index is 0.178. The molecule has 1 atom stereocenters. The van der Waals surface area contributed by atoms with Gasteiger partial charge in [0.2, 0.25) is 0 Å². The van der Waals surface area contributed by atoms with Gasteiger partial charge in [-0.3, -0.25) is 4.79 Å². The Balaban J connectivity index is 1.49. The van der Waals surface area contributed by atoms with E-state index in [1.54, 1.807) is 0 Å². The topological polar surface area (TPSA) is 45.2 Å². The summed E-state index contributed by atoms with van der Waals surface area (Å²) in [5.74, 6) is -2.13. The van der Waals surface area contributed by atoms with Crippen molar-refractivity contribution in [3.05, 3.63) is 59.2 Å². The summed E-state index contributed by atoms with van der Waals surface area (Å²) in [4.78, 5) is 18.1. The number of likely N-dealkylation sites (tertiary alicyclic amines) is 1. The predicted octanol–water partition coefficient (Wildman–Crippen LogP) is 4.92. The number of nitrogens with zero attached hydrogens (tertiary/aromatic N) is 2. The summed E-state index contributed by atoms with van der Waals surface area (Å²) in [5, 5.41) is 3.42. The minimum atomic E-state index is -4.62. The number of rotatable bonds is 3. The molecule has 0 unspecified atom stereocenters. The van der Waals surface area contributed by atoms with Gasteiger partial charge >= 0.3 is 6.18 Å². The second kappa shape index (κ2) is 7.25. The minimum Gasteiger partial charge on any atom is -0.357 e. The van der Waals surface area contributed by atoms with Crippen molar-refractivity contribution >= 4 is 32.6 Å². The molecule has 2 aromatic carbocycles. The van der Waals surface area contributed by atoms with Crippen LogP contribution in [0.15, 0.2) is 36.4 Å². The van der Waals surface area contributed by atoms with Crippen molar-refractivity contribution in [1.29, 1.82) is 0 Å². The largest absolute Gasteiger partial charge is 0.417 e. The Labute approximate surface area is 166 Å². The molecule has 1 aliphatic heterocycles. The molecule has 0 radical (unpaired) electrons. The lowest BCUT2D eigenvalue weighted by atomic mass is 10.1. The molecular formula is C19H14F5N3OS. The first-order valence-corrected chi connectivity index (χ1v) is 9.51. The molecule has 1 fully saturated rings. The molecule has 1 aliphatic rings. The Hall–Kier alpha value is -2.75. The lowest BCUT2D eigenvalue weighted by molar-refractivity contribution is -0.138. The normalized spacial score (nSPS) is 17.1. The second-order valence-corrected chi connectivity index (χ2v) is 7.68. The molecule has 152 valence electrons. The van der Waals surface area contributed by atoms with Crippen LogP contribution >= 0.6 is 11.3 Å². The van der Waals surface area contributed by atoms with Gasteiger partial charge in [-0.1, -0.05) is 23.5 Å². The molecule has 0 aliphatic carbocycles. The average Bonchev–Trinajstić information content (AvgIpc) is 3.27. The van der Waals surface area contributed by atoms with Gasteiger partial charge in [0.05, 0.1) is 21.3 Å². The number of hydrogen-bond acceptors (Lipinski definition) is 4. The number of carbonyl (C=O) groups excluding carboxylic acids is 1. The van der Waals surface area contributed by atoms with Crippen LogP contribution in [0.5, 0.6) is 0 Å². The van der Waals surface area contributed by atoms with Gasteiger partial charge in [-0.2, -0.15) is 13.2 Å². The number of aromatic nitrogens is 1. The van der Waals surface area contributed by atoms with Crippen molar-refractivity contribution in [2.75, 3.05) is 18.4 Å². The maximum Gasteiger partial charge on any atom is 0.417 e. The summed E-state index contributed by atoms with van der Waals surface area (Å²) in [6.07, 6.45) is -4.13. The second-order valence-electron chi connectivity index (χ2n) is 6.68. The van der Waals surface area contributed by atoms with Crippen LogP contribution < -0.4 is 5.32 Å². The van der Waals surface area contributed by atoms with Crippen LogP contribution in [0.3, 0.4) is 0 Å². The Kier molecular flexibility index (Phi) is 4.89. The first-order valence-electron chi connectivity index (χ1n) is 8.70. The first-order chi connectivity index (χ1) is 13.7. The van der Waals surface area contributed by atoms with Crippen molar-refractivity contribution in [2.45, 2.75) is 18.6 Å². The molecule has 2 heterocycles. The molecule has 0 bridgehead atoms. The van der Waals surface area contributed by atoms with Crippen LogP contribution in [-0.2, 0) is 6.18 Å². The van der Waals surface area contributed by atoms with Crippen LogP contribution in [0.25, 0.3) is 10.2 Å². The number of amides is 1. The number of nitrogens with one attached hydrogen (secondary N) is 1. The van der Waals surface area contributed by atoms with E-state index in [1.807, 2.05) is 0 Å². The van der Waals surface area contributed by atoms with Crippen LogP contribution in [0.2, 0.25) is 0 Å². The summed E-state index contributed by atoms with van der Waals surface area (Å²) in [6, 6.07) is 6.32. The van der Waals surface area contributed by atoms with Gasteiger partial charge in [-0.25, -0.2) is 13.8 Å². The quantitative estimate of drug-likeness (QED) is 0.604. The molecule has 1 N–H and O–H groups in total. The molecule has 3 aromatic rings. The summed E-state index contributed by atoms with van der Waals surface area (Å²) in [5.41, 5.74) is -1.18. The van der Waals surface area contributed by atoms with Crippen LogP contribution in [0.1, 0.15) is 22.3 Å². The molecule has 1 amide bonds. The standard InChI is InChI=1S/C19H14F5N3OS/c20-10-7-14(21)16-15(8-10)26-18(29-16)25-11-5-6-27(9-11)17(28)12-3-1-2-4-13(12)19(22,23)24/h1-4,7-8,11H,5-6,9H2,(H,25,26)/t11-/m1/s1. The molecule has 29 heavy (non-hydrogen) atoms. The summed E-state index contributed by atoms with van der Waals surface area (Å²) in [7, 11) is 0. The number of fused-ring (bicyclic) bond motifs is 1. The van der Waals surface area contributed by atoms with Crippen molar-refractivity contribution < 1.29 is 26.7 Å². The molecule has 0 spiro atoms. The van der Waals surface area contributed by atoms with Gasteiger partial charge in [-0.15, -0.1) is 0 Å². The Bertz CT molecular complexity index is 1080. The lowest BCUT2D eigenvalue weighted by Crippen LogP contribution is -2.32. The molecule has 4 nitrogen and oxygen atoms in total. The molecule has 0 saturated carbocycles. The van der Waals surface area contributed by atoms with E-state index in [4.69, 9.17) is 0 Å². The summed E-state index contributed by atoms with van der Waals surface area (Å²) < 4.78 is 66.9. The monoisotopic (exact) mass is 427 g/mol. The molecule has 1 saturated heterocycles. The number of hydrogen-bond donors (Lipinski definition) is 1. The lowest BCUT2D eigenvalue weighted by Gasteiger charge is -2.19. The van der Waals surface area contributed by atoms with Crippen molar-refractivity contribution in [3.8, 4) is 0 Å². The maximum absolute atomic E-state index is 13.8. The Morgan fingerprint density at radius 1 is 1.21 bits per heavy atom. The summed E-state index contributed by atoms with van der Waals surface area (Å²) in [6.45, 7) is 0.453. The van der Waals surface area contributed by atoms with Crippen LogP contribution in [0.4, 0.5) is 27.1 Å². The number of anilines is 1. The number of halogens is 5. The van der Waals surface area contributed by atoms with Crippen LogP contribution in [0, 0.1) is 11.6 Å². The SMILES string of the molecule is O=C(c1ccccc1C(F)(F)F)N1CC[C@@H](Nc2nc3cc(F)cc(F)c3s2)C1. The highest BCUT2D eigenvalue weighted by atomic mass is 32.1. The van der Waals surface area contributed by atoms with E-state index in [-0.39, 0.29) is 29.3 Å². The zero-order valence-corrected chi connectivity index (χ0v) is 15.6. The number of thiazole rings is 1. The van der Waals surface area contributed by atoms with E-state index in [9.17, 15) is 26.7 Å². The van der Waals surface area contributed by atoms with E-state index in [1.165, 1.54) is 17.0 Å². The fraction of sp³-hybridized carbons (Fsp3) is 0.263. The number of carbonyl (C=O) groups is 1. The van der Waals surface area contributed by atoms with E-state index in [0.717, 1.165) is 35.6 Å². The first kappa shape index (κ1) is 19.6. The van der Waals surface area contributed by atoms with Crippen molar-refractivity contribution in [2.24, 2.45) is 0 Å². The molecule has 10 heteroatoms. The number of benzene rings is 2. The van der Waals surface area contributed by atoms with Gasteiger partial charge in [0.15, 0.2) is 5.13 Å². The Morgan fingerprint density at radius 3 is 2.72 bits per heavy atom. The highest BCUT2D eigenvalue weighted by molar-refractivity contribution is 7.22. The number of alkyl halides is 3. The van der Waals surface area contributed by atoms with Gasteiger partial charge in [0.1, 0.15) is 11.6 Å². The molecule has 1 aromatic heterocycles. The van der Waals surface area contributed by atoms with Gasteiger partial charge < -0.3 is 10.2 Å². The van der Waals surface area contributed by atoms with Crippen molar-refractivity contribution in [1.82, 2.24) is 9.88 Å². The van der Waals surface area contributed by atoms with Gasteiger partial charge in [-0.05, 0) is 18.6 Å². The van der Waals surface area contributed by atoms with E-state index >= 15 is 0 Å². The zero-order valence-electron chi connectivity index (χ0n) is 14.8. The summed E-state index contributed by atoms with van der Waals surface area (Å²) >= 11 is 1.02. The van der Waals surface area contributed by atoms with E-state index < -0.39 is 34.8 Å². The third kappa shape index (κ3) is 3.89. The fourth-order valence-corrected chi connectivity index (χ4v) is 4.27. The van der Waals surface area contributed by atoms with E-state index in [2.05, 4.69) is 10.3 Å². The predicted molar refractivity (Wildman–Crippen MR) is 98.9 cm³/mol. The average molecular weight is 427 g/mol. The maximum atomic E-state index is 13.8. The fourth-order valence-electron chi connectivity index (χ4n) is 3.35. The van der Waals surface area contributed by atoms with Gasteiger partial charge in [0, 0.05) is 31.3 Å². The molecular weight excluding hydrogens is 413 g/mol.